The van der Waals surface area contributed by atoms with Crippen LogP contribution < -0.4 is 10.2 Å². The molecular formula is C17H23N3O4. The summed E-state index contributed by atoms with van der Waals surface area (Å²) < 4.78 is 5.51. The lowest BCUT2D eigenvalue weighted by molar-refractivity contribution is -0.384. The first-order valence-corrected chi connectivity index (χ1v) is 8.58. The van der Waals surface area contributed by atoms with E-state index in [1.54, 1.807) is 6.07 Å². The Bertz CT molecular complexity index is 608. The van der Waals surface area contributed by atoms with Crippen LogP contribution >= 0.6 is 0 Å². The molecule has 2 saturated heterocycles. The van der Waals surface area contributed by atoms with Crippen LogP contribution in [0.4, 0.5) is 11.4 Å². The predicted octanol–water partition coefficient (Wildman–Crippen LogP) is 2.49. The number of nitro groups is 1. The number of nitrogens with zero attached hydrogens (tertiary/aromatic N) is 2. The third-order valence-corrected chi connectivity index (χ3v) is 4.65. The van der Waals surface area contributed by atoms with Gasteiger partial charge in [-0.2, -0.15) is 0 Å². The number of anilines is 1. The van der Waals surface area contributed by atoms with E-state index >= 15 is 0 Å². The highest BCUT2D eigenvalue weighted by Gasteiger charge is 2.23. The molecular weight excluding hydrogens is 310 g/mol. The Morgan fingerprint density at radius 3 is 2.75 bits per heavy atom. The summed E-state index contributed by atoms with van der Waals surface area (Å²) in [5.74, 6) is -0.269. The van der Waals surface area contributed by atoms with Gasteiger partial charge in [-0.3, -0.25) is 14.9 Å². The highest BCUT2D eigenvalue weighted by Crippen LogP contribution is 2.28. The van der Waals surface area contributed by atoms with Crippen LogP contribution in [0.2, 0.25) is 0 Å². The Balaban J connectivity index is 1.79. The van der Waals surface area contributed by atoms with Crippen molar-refractivity contribution in [1.29, 1.82) is 0 Å². The summed E-state index contributed by atoms with van der Waals surface area (Å²) in [5.41, 5.74) is 1.10. The molecule has 1 aromatic carbocycles. The van der Waals surface area contributed by atoms with Crippen molar-refractivity contribution in [2.24, 2.45) is 0 Å². The van der Waals surface area contributed by atoms with E-state index in [-0.39, 0.29) is 17.7 Å². The Hall–Kier alpha value is -2.15. The molecule has 1 N–H and O–H groups in total. The van der Waals surface area contributed by atoms with Gasteiger partial charge in [0.2, 0.25) is 0 Å². The summed E-state index contributed by atoms with van der Waals surface area (Å²) in [7, 11) is 0. The molecule has 130 valence electrons. The Kier molecular flexibility index (Phi) is 5.30. The van der Waals surface area contributed by atoms with Crippen LogP contribution in [0.5, 0.6) is 0 Å². The van der Waals surface area contributed by atoms with Crippen LogP contribution in [0.15, 0.2) is 18.2 Å². The number of nitrogens with one attached hydrogen (secondary N) is 1. The number of nitro benzene ring substituents is 1. The second kappa shape index (κ2) is 7.61. The van der Waals surface area contributed by atoms with Crippen molar-refractivity contribution in [3.05, 3.63) is 33.9 Å². The molecule has 2 fully saturated rings. The van der Waals surface area contributed by atoms with Gasteiger partial charge in [-0.05, 0) is 38.2 Å². The van der Waals surface area contributed by atoms with E-state index in [9.17, 15) is 14.9 Å². The lowest BCUT2D eigenvalue weighted by Crippen LogP contribution is -2.35. The van der Waals surface area contributed by atoms with Crippen molar-refractivity contribution in [3.63, 3.8) is 0 Å². The fourth-order valence-electron chi connectivity index (χ4n) is 3.34. The third kappa shape index (κ3) is 3.84. The largest absolute Gasteiger partial charge is 0.376 e. The molecule has 7 nitrogen and oxygen atoms in total. The van der Waals surface area contributed by atoms with Crippen molar-refractivity contribution < 1.29 is 14.5 Å². The first-order chi connectivity index (χ1) is 11.6. The predicted molar refractivity (Wildman–Crippen MR) is 90.5 cm³/mol. The molecule has 2 heterocycles. The normalized spacial score (nSPS) is 20.8. The number of amides is 1. The lowest BCUT2D eigenvalue weighted by Gasteiger charge is -2.30. The third-order valence-electron chi connectivity index (χ3n) is 4.65. The highest BCUT2D eigenvalue weighted by atomic mass is 16.6. The minimum atomic E-state index is -0.461. The first kappa shape index (κ1) is 16.7. The molecule has 0 unspecified atom stereocenters. The maximum atomic E-state index is 12.6. The van der Waals surface area contributed by atoms with Crippen molar-refractivity contribution >= 4 is 17.3 Å². The van der Waals surface area contributed by atoms with Crippen molar-refractivity contribution in [1.82, 2.24) is 5.32 Å². The summed E-state index contributed by atoms with van der Waals surface area (Å²) in [6.07, 6.45) is 5.34. The quantitative estimate of drug-likeness (QED) is 0.661. The summed E-state index contributed by atoms with van der Waals surface area (Å²) >= 11 is 0. The summed E-state index contributed by atoms with van der Waals surface area (Å²) in [6.45, 7) is 2.94. The fourth-order valence-corrected chi connectivity index (χ4v) is 3.34. The van der Waals surface area contributed by atoms with E-state index in [0.29, 0.717) is 12.1 Å². The SMILES string of the molecule is O=C(NC[C@@H]1CCCO1)c1cc([N+](=O)[O-])ccc1N1CCCCC1. The summed E-state index contributed by atoms with van der Waals surface area (Å²) in [5, 5.41) is 13.9. The molecule has 0 aliphatic carbocycles. The molecule has 0 radical (unpaired) electrons. The van der Waals surface area contributed by atoms with Crippen LogP contribution in [0.1, 0.15) is 42.5 Å². The van der Waals surface area contributed by atoms with Crippen molar-refractivity contribution in [2.45, 2.75) is 38.2 Å². The van der Waals surface area contributed by atoms with Gasteiger partial charge in [0.1, 0.15) is 0 Å². The minimum Gasteiger partial charge on any atom is -0.376 e. The number of piperidine rings is 1. The molecule has 0 saturated carbocycles. The number of carbonyl (C=O) groups excluding carboxylic acids is 1. The number of hydrogen-bond acceptors (Lipinski definition) is 5. The van der Waals surface area contributed by atoms with Crippen LogP contribution in [-0.2, 0) is 4.74 Å². The van der Waals surface area contributed by atoms with E-state index in [1.165, 1.54) is 18.6 Å². The number of carbonyl (C=O) groups is 1. The standard InChI is InChI=1S/C17H23N3O4/c21-17(18-12-14-5-4-10-24-14)15-11-13(20(22)23)6-7-16(15)19-8-2-1-3-9-19/h6-7,11,14H,1-5,8-10,12H2,(H,18,21)/t14-/m0/s1. The smallest absolute Gasteiger partial charge is 0.270 e. The van der Waals surface area contributed by atoms with Crippen LogP contribution in [0.25, 0.3) is 0 Å². The molecule has 1 aromatic rings. The second-order valence-electron chi connectivity index (χ2n) is 6.35. The molecule has 2 aliphatic rings. The zero-order valence-corrected chi connectivity index (χ0v) is 13.7. The minimum absolute atomic E-state index is 0.0473. The lowest BCUT2D eigenvalue weighted by atomic mass is 10.1. The molecule has 3 rings (SSSR count). The van der Waals surface area contributed by atoms with E-state index in [0.717, 1.165) is 51.1 Å². The molecule has 0 bridgehead atoms. The molecule has 0 aromatic heterocycles. The van der Waals surface area contributed by atoms with E-state index in [2.05, 4.69) is 10.2 Å². The Morgan fingerprint density at radius 1 is 1.29 bits per heavy atom. The van der Waals surface area contributed by atoms with Crippen LogP contribution in [0.3, 0.4) is 0 Å². The Morgan fingerprint density at radius 2 is 2.08 bits per heavy atom. The zero-order valence-electron chi connectivity index (χ0n) is 13.7. The maximum Gasteiger partial charge on any atom is 0.270 e. The van der Waals surface area contributed by atoms with Gasteiger partial charge < -0.3 is 15.0 Å². The summed E-state index contributed by atoms with van der Waals surface area (Å²) in [6, 6.07) is 4.56. The van der Waals surface area contributed by atoms with Crippen molar-refractivity contribution in [2.75, 3.05) is 31.1 Å². The van der Waals surface area contributed by atoms with Crippen LogP contribution in [-0.4, -0.2) is 43.2 Å². The van der Waals surface area contributed by atoms with Crippen molar-refractivity contribution in [3.8, 4) is 0 Å². The fraction of sp³-hybridized carbons (Fsp3) is 0.588. The molecule has 0 spiro atoms. The Labute approximate surface area is 141 Å². The maximum absolute atomic E-state index is 12.6. The number of non-ortho nitro benzene ring substituents is 1. The summed E-state index contributed by atoms with van der Waals surface area (Å²) in [4.78, 5) is 25.4. The van der Waals surface area contributed by atoms with Gasteiger partial charge in [-0.1, -0.05) is 0 Å². The number of hydrogen-bond donors (Lipinski definition) is 1. The molecule has 7 heteroatoms. The van der Waals surface area contributed by atoms with Gasteiger partial charge >= 0.3 is 0 Å². The van der Waals surface area contributed by atoms with E-state index < -0.39 is 4.92 Å². The van der Waals surface area contributed by atoms with Gasteiger partial charge in [0, 0.05) is 38.4 Å². The van der Waals surface area contributed by atoms with Gasteiger partial charge in [-0.25, -0.2) is 0 Å². The van der Waals surface area contributed by atoms with Gasteiger partial charge in [0.05, 0.1) is 22.3 Å². The topological polar surface area (TPSA) is 84.7 Å². The average molecular weight is 333 g/mol. The van der Waals surface area contributed by atoms with Gasteiger partial charge in [0.25, 0.3) is 11.6 Å². The molecule has 2 aliphatic heterocycles. The monoisotopic (exact) mass is 333 g/mol. The van der Waals surface area contributed by atoms with Crippen LogP contribution in [0, 0.1) is 10.1 Å². The van der Waals surface area contributed by atoms with E-state index in [4.69, 9.17) is 4.74 Å². The number of ether oxygens (including phenoxy) is 1. The van der Waals surface area contributed by atoms with E-state index in [1.807, 2.05) is 0 Å². The van der Waals surface area contributed by atoms with Gasteiger partial charge in [-0.15, -0.1) is 0 Å². The molecule has 24 heavy (non-hydrogen) atoms. The van der Waals surface area contributed by atoms with Gasteiger partial charge in [0.15, 0.2) is 0 Å². The average Bonchev–Trinajstić information content (AvgIpc) is 3.13. The zero-order chi connectivity index (χ0) is 16.9. The number of rotatable bonds is 5. The number of benzene rings is 1. The first-order valence-electron chi connectivity index (χ1n) is 8.58. The second-order valence-corrected chi connectivity index (χ2v) is 6.35. The molecule has 1 atom stereocenters. The molecule has 1 amide bonds. The highest BCUT2D eigenvalue weighted by molar-refractivity contribution is 6.00.